The van der Waals surface area contributed by atoms with Crippen molar-refractivity contribution in [2.75, 3.05) is 0 Å². The van der Waals surface area contributed by atoms with E-state index in [1.807, 2.05) is 30.3 Å². The highest BCUT2D eigenvalue weighted by atomic mass is 35.5. The van der Waals surface area contributed by atoms with Gasteiger partial charge in [0.1, 0.15) is 11.3 Å². The maximum atomic E-state index is 7.11. The topological polar surface area (TPSA) is 33.1 Å². The molecule has 1 aromatic carbocycles. The third-order valence-corrected chi connectivity index (χ3v) is 2.01. The van der Waals surface area contributed by atoms with Gasteiger partial charge in [-0.3, -0.25) is 5.41 Å². The van der Waals surface area contributed by atoms with Crippen LogP contribution in [-0.2, 0) is 11.3 Å². The van der Waals surface area contributed by atoms with Gasteiger partial charge in [0.2, 0.25) is 0 Å². The second-order valence-electron chi connectivity index (χ2n) is 2.79. The standard InChI is InChI=1S/C10H12ClNO/c1-8(10(11)12)13-7-9-5-3-2-4-6-9/h2-6,8,12H,7H2,1H3/t8-/m0/s1. The van der Waals surface area contributed by atoms with Crippen molar-refractivity contribution in [2.45, 2.75) is 19.6 Å². The van der Waals surface area contributed by atoms with Crippen LogP contribution in [0.2, 0.25) is 0 Å². The molecule has 1 atom stereocenters. The number of benzene rings is 1. The second-order valence-corrected chi connectivity index (χ2v) is 3.19. The number of nitrogens with one attached hydrogen (secondary N) is 1. The molecule has 0 bridgehead atoms. The van der Waals surface area contributed by atoms with Crippen LogP contribution in [0.15, 0.2) is 30.3 Å². The lowest BCUT2D eigenvalue weighted by molar-refractivity contribution is 0.0973. The molecule has 0 saturated heterocycles. The number of hydrogen-bond donors (Lipinski definition) is 1. The monoisotopic (exact) mass is 197 g/mol. The molecular formula is C10H12ClNO. The second kappa shape index (κ2) is 5.00. The minimum Gasteiger partial charge on any atom is -0.367 e. The average Bonchev–Trinajstić information content (AvgIpc) is 2.15. The van der Waals surface area contributed by atoms with Crippen LogP contribution in [0.3, 0.4) is 0 Å². The van der Waals surface area contributed by atoms with Gasteiger partial charge >= 0.3 is 0 Å². The molecule has 0 unspecified atom stereocenters. The smallest absolute Gasteiger partial charge is 0.126 e. The Hall–Kier alpha value is -0.860. The highest BCUT2D eigenvalue weighted by molar-refractivity contribution is 6.65. The Kier molecular flexibility index (Phi) is 3.93. The van der Waals surface area contributed by atoms with Crippen LogP contribution in [0, 0.1) is 5.41 Å². The molecule has 0 heterocycles. The minimum absolute atomic E-state index is 0.0379. The summed E-state index contributed by atoms with van der Waals surface area (Å²) in [6, 6.07) is 9.82. The summed E-state index contributed by atoms with van der Waals surface area (Å²) in [7, 11) is 0. The lowest BCUT2D eigenvalue weighted by Crippen LogP contribution is -2.14. The van der Waals surface area contributed by atoms with E-state index in [0.717, 1.165) is 5.56 Å². The number of hydrogen-bond acceptors (Lipinski definition) is 2. The van der Waals surface area contributed by atoms with E-state index >= 15 is 0 Å². The molecule has 3 heteroatoms. The van der Waals surface area contributed by atoms with E-state index in [4.69, 9.17) is 21.7 Å². The summed E-state index contributed by atoms with van der Waals surface area (Å²) in [5, 5.41) is 7.14. The normalized spacial score (nSPS) is 12.5. The molecule has 0 fully saturated rings. The fourth-order valence-corrected chi connectivity index (χ4v) is 0.932. The molecule has 0 radical (unpaired) electrons. The van der Waals surface area contributed by atoms with Crippen molar-refractivity contribution in [1.29, 1.82) is 5.41 Å². The number of rotatable bonds is 4. The summed E-state index contributed by atoms with van der Waals surface area (Å²) in [5.41, 5.74) is 1.09. The van der Waals surface area contributed by atoms with Gasteiger partial charge in [0.15, 0.2) is 0 Å². The molecule has 0 amide bonds. The summed E-state index contributed by atoms with van der Waals surface area (Å²) in [5.74, 6) is 0. The van der Waals surface area contributed by atoms with Crippen molar-refractivity contribution < 1.29 is 4.74 Å². The van der Waals surface area contributed by atoms with Gasteiger partial charge in [0.25, 0.3) is 0 Å². The van der Waals surface area contributed by atoms with Gasteiger partial charge in [-0.15, -0.1) is 0 Å². The summed E-state index contributed by atoms with van der Waals surface area (Å²) in [6.45, 7) is 2.26. The number of ether oxygens (including phenoxy) is 1. The molecule has 13 heavy (non-hydrogen) atoms. The van der Waals surface area contributed by atoms with Crippen molar-refractivity contribution in [3.63, 3.8) is 0 Å². The predicted octanol–water partition coefficient (Wildman–Crippen LogP) is 2.81. The molecular weight excluding hydrogens is 186 g/mol. The summed E-state index contributed by atoms with van der Waals surface area (Å²) in [6.07, 6.45) is -0.318. The first-order valence-corrected chi connectivity index (χ1v) is 4.47. The molecule has 70 valence electrons. The van der Waals surface area contributed by atoms with Gasteiger partial charge in [0, 0.05) is 0 Å². The first kappa shape index (κ1) is 10.2. The van der Waals surface area contributed by atoms with E-state index in [1.54, 1.807) is 6.92 Å². The van der Waals surface area contributed by atoms with Crippen LogP contribution in [0.25, 0.3) is 0 Å². The van der Waals surface area contributed by atoms with E-state index in [9.17, 15) is 0 Å². The zero-order chi connectivity index (χ0) is 9.68. The molecule has 1 rings (SSSR count). The Bertz CT molecular complexity index is 274. The molecule has 0 saturated carbocycles. The van der Waals surface area contributed by atoms with Crippen LogP contribution in [-0.4, -0.2) is 11.3 Å². The maximum Gasteiger partial charge on any atom is 0.126 e. The maximum absolute atomic E-state index is 7.11. The third-order valence-electron chi connectivity index (χ3n) is 1.70. The van der Waals surface area contributed by atoms with Gasteiger partial charge in [-0.05, 0) is 12.5 Å². The lowest BCUT2D eigenvalue weighted by Gasteiger charge is -2.09. The van der Waals surface area contributed by atoms with Crippen LogP contribution < -0.4 is 0 Å². The van der Waals surface area contributed by atoms with Crippen LogP contribution >= 0.6 is 11.6 Å². The van der Waals surface area contributed by atoms with Gasteiger partial charge in [-0.2, -0.15) is 0 Å². The van der Waals surface area contributed by atoms with E-state index in [2.05, 4.69) is 0 Å². The first-order valence-electron chi connectivity index (χ1n) is 4.09. The fourth-order valence-electron chi connectivity index (χ4n) is 0.869. The van der Waals surface area contributed by atoms with E-state index < -0.39 is 0 Å². The van der Waals surface area contributed by atoms with Crippen LogP contribution in [0.5, 0.6) is 0 Å². The Morgan fingerprint density at radius 1 is 1.46 bits per heavy atom. The molecule has 0 aliphatic heterocycles. The van der Waals surface area contributed by atoms with Crippen molar-refractivity contribution in [3.8, 4) is 0 Å². The van der Waals surface area contributed by atoms with Gasteiger partial charge < -0.3 is 4.74 Å². The van der Waals surface area contributed by atoms with Crippen LogP contribution in [0.4, 0.5) is 0 Å². The predicted molar refractivity (Wildman–Crippen MR) is 54.3 cm³/mol. The Balaban J connectivity index is 2.39. The number of halogens is 1. The molecule has 0 aliphatic carbocycles. The zero-order valence-corrected chi connectivity index (χ0v) is 8.21. The molecule has 1 N–H and O–H groups in total. The largest absolute Gasteiger partial charge is 0.367 e. The molecule has 1 aromatic rings. The van der Waals surface area contributed by atoms with E-state index in [-0.39, 0.29) is 11.3 Å². The lowest BCUT2D eigenvalue weighted by atomic mass is 10.2. The molecule has 0 aromatic heterocycles. The summed E-state index contributed by atoms with van der Waals surface area (Å²) < 4.78 is 5.33. The minimum atomic E-state index is -0.318. The molecule has 0 aliphatic rings. The molecule has 0 spiro atoms. The Labute approximate surface area is 83.0 Å². The highest BCUT2D eigenvalue weighted by Crippen LogP contribution is 2.04. The van der Waals surface area contributed by atoms with Crippen molar-refractivity contribution in [2.24, 2.45) is 0 Å². The van der Waals surface area contributed by atoms with E-state index in [0.29, 0.717) is 6.61 Å². The first-order chi connectivity index (χ1) is 6.20. The Morgan fingerprint density at radius 2 is 2.08 bits per heavy atom. The van der Waals surface area contributed by atoms with Crippen molar-refractivity contribution >= 4 is 16.8 Å². The quantitative estimate of drug-likeness (QED) is 0.740. The molecule has 2 nitrogen and oxygen atoms in total. The summed E-state index contributed by atoms with van der Waals surface area (Å²) in [4.78, 5) is 0. The van der Waals surface area contributed by atoms with Gasteiger partial charge in [-0.1, -0.05) is 41.9 Å². The summed E-state index contributed by atoms with van der Waals surface area (Å²) >= 11 is 5.45. The highest BCUT2D eigenvalue weighted by Gasteiger charge is 2.05. The van der Waals surface area contributed by atoms with Gasteiger partial charge in [-0.25, -0.2) is 0 Å². The van der Waals surface area contributed by atoms with E-state index in [1.165, 1.54) is 0 Å². The Morgan fingerprint density at radius 3 is 2.62 bits per heavy atom. The van der Waals surface area contributed by atoms with Crippen molar-refractivity contribution in [1.82, 2.24) is 0 Å². The van der Waals surface area contributed by atoms with Crippen molar-refractivity contribution in [3.05, 3.63) is 35.9 Å². The van der Waals surface area contributed by atoms with Gasteiger partial charge in [0.05, 0.1) is 6.61 Å². The average molecular weight is 198 g/mol. The fraction of sp³-hybridized carbons (Fsp3) is 0.300. The van der Waals surface area contributed by atoms with Crippen LogP contribution in [0.1, 0.15) is 12.5 Å². The third kappa shape index (κ3) is 3.57. The zero-order valence-electron chi connectivity index (χ0n) is 7.46. The SMILES string of the molecule is C[C@H](OCc1ccccc1)C(=N)Cl.